The lowest BCUT2D eigenvalue weighted by molar-refractivity contribution is -0.137. The lowest BCUT2D eigenvalue weighted by Gasteiger charge is -2.09. The first-order chi connectivity index (χ1) is 6.95. The summed E-state index contributed by atoms with van der Waals surface area (Å²) in [6, 6.07) is 3.65. The van der Waals surface area contributed by atoms with Crippen molar-refractivity contribution in [3.8, 4) is 6.07 Å². The Morgan fingerprint density at radius 3 is 2.47 bits per heavy atom. The first kappa shape index (κ1) is 11.2. The minimum absolute atomic E-state index is 0.357. The van der Waals surface area contributed by atoms with Crippen molar-refractivity contribution in [3.63, 3.8) is 0 Å². The van der Waals surface area contributed by atoms with Crippen molar-refractivity contribution in [2.45, 2.75) is 6.18 Å². The van der Waals surface area contributed by atoms with Gasteiger partial charge in [-0.15, -0.1) is 0 Å². The van der Waals surface area contributed by atoms with Crippen molar-refractivity contribution < 1.29 is 17.6 Å². The van der Waals surface area contributed by atoms with Gasteiger partial charge in [0.1, 0.15) is 5.82 Å². The molecular weight excluding hydrogens is 210 g/mol. The Kier molecular flexibility index (Phi) is 3.10. The number of nitriles is 1. The van der Waals surface area contributed by atoms with Crippen molar-refractivity contribution in [1.82, 2.24) is 0 Å². The fourth-order valence-electron chi connectivity index (χ4n) is 1.06. The van der Waals surface area contributed by atoms with E-state index in [0.717, 1.165) is 24.3 Å². The number of benzene rings is 1. The van der Waals surface area contributed by atoms with E-state index < -0.39 is 17.6 Å². The molecule has 1 aromatic rings. The number of halogens is 4. The van der Waals surface area contributed by atoms with Crippen LogP contribution in [0.4, 0.5) is 17.6 Å². The van der Waals surface area contributed by atoms with Crippen molar-refractivity contribution >= 4 is 6.08 Å². The van der Waals surface area contributed by atoms with Crippen LogP contribution in [-0.2, 0) is 6.18 Å². The normalized spacial score (nSPS) is 11.7. The van der Waals surface area contributed by atoms with Crippen LogP contribution in [0.25, 0.3) is 6.08 Å². The Hall–Kier alpha value is -1.83. The van der Waals surface area contributed by atoms with E-state index >= 15 is 0 Å². The number of allylic oxidation sites excluding steroid dienone is 1. The smallest absolute Gasteiger partial charge is 0.207 e. The summed E-state index contributed by atoms with van der Waals surface area (Å²) in [5.41, 5.74) is -1.32. The van der Waals surface area contributed by atoms with Crippen LogP contribution in [0.1, 0.15) is 11.1 Å². The second kappa shape index (κ2) is 4.13. The fourth-order valence-corrected chi connectivity index (χ4v) is 1.06. The molecule has 1 aromatic carbocycles. The molecule has 0 saturated heterocycles. The largest absolute Gasteiger partial charge is 0.416 e. The number of rotatable bonds is 1. The van der Waals surface area contributed by atoms with Crippen LogP contribution in [0, 0.1) is 17.1 Å². The van der Waals surface area contributed by atoms with Gasteiger partial charge >= 0.3 is 6.18 Å². The number of nitrogens with zero attached hydrogens (tertiary/aromatic N) is 1. The summed E-state index contributed by atoms with van der Waals surface area (Å²) in [4.78, 5) is 0. The van der Waals surface area contributed by atoms with Gasteiger partial charge in [0.25, 0.3) is 0 Å². The Labute approximate surface area is 83.3 Å². The summed E-state index contributed by atoms with van der Waals surface area (Å²) in [5, 5.41) is 8.18. The molecule has 0 N–H and O–H groups in total. The average molecular weight is 215 g/mol. The van der Waals surface area contributed by atoms with Crippen LogP contribution >= 0.6 is 0 Å². The van der Waals surface area contributed by atoms with Gasteiger partial charge in [-0.1, -0.05) is 0 Å². The van der Waals surface area contributed by atoms with Crippen LogP contribution in [0.5, 0.6) is 0 Å². The highest BCUT2D eigenvalue weighted by atomic mass is 19.4. The molecule has 0 aliphatic carbocycles. The van der Waals surface area contributed by atoms with E-state index in [0.29, 0.717) is 6.07 Å². The third kappa shape index (κ3) is 2.81. The van der Waals surface area contributed by atoms with Gasteiger partial charge in [-0.3, -0.25) is 0 Å². The predicted octanol–water partition coefficient (Wildman–Crippen LogP) is 3.38. The minimum atomic E-state index is -4.55. The lowest BCUT2D eigenvalue weighted by Crippen LogP contribution is -2.07. The van der Waals surface area contributed by atoms with Crippen molar-refractivity contribution in [2.75, 3.05) is 0 Å². The van der Waals surface area contributed by atoms with Crippen molar-refractivity contribution in [3.05, 3.63) is 41.2 Å². The maximum Gasteiger partial charge on any atom is 0.416 e. The summed E-state index contributed by atoms with van der Waals surface area (Å²) < 4.78 is 49.8. The molecule has 0 bridgehead atoms. The highest BCUT2D eigenvalue weighted by molar-refractivity contribution is 5.56. The van der Waals surface area contributed by atoms with Gasteiger partial charge in [-0.25, -0.2) is 4.39 Å². The van der Waals surface area contributed by atoms with Gasteiger partial charge < -0.3 is 0 Å². The molecule has 1 nitrogen and oxygen atoms in total. The zero-order valence-corrected chi connectivity index (χ0v) is 7.35. The summed E-state index contributed by atoms with van der Waals surface area (Å²) >= 11 is 0. The van der Waals surface area contributed by atoms with E-state index in [9.17, 15) is 17.6 Å². The molecule has 0 unspecified atom stereocenters. The first-order valence-corrected chi connectivity index (χ1v) is 3.88. The minimum Gasteiger partial charge on any atom is -0.207 e. The SMILES string of the molecule is N#CC=Cc1cc(F)ccc1C(F)(F)F. The Bertz CT molecular complexity index is 426. The second-order valence-electron chi connectivity index (χ2n) is 2.69. The van der Waals surface area contributed by atoms with E-state index in [4.69, 9.17) is 5.26 Å². The third-order valence-corrected chi connectivity index (χ3v) is 1.66. The van der Waals surface area contributed by atoms with Gasteiger partial charge in [0.15, 0.2) is 0 Å². The summed E-state index contributed by atoms with van der Waals surface area (Å²) in [5.74, 6) is -0.777. The average Bonchev–Trinajstić information content (AvgIpc) is 2.12. The lowest BCUT2D eigenvalue weighted by atomic mass is 10.1. The van der Waals surface area contributed by atoms with Crippen LogP contribution in [0.2, 0.25) is 0 Å². The molecule has 15 heavy (non-hydrogen) atoms. The molecule has 0 atom stereocenters. The third-order valence-electron chi connectivity index (χ3n) is 1.66. The van der Waals surface area contributed by atoms with Gasteiger partial charge in [-0.2, -0.15) is 18.4 Å². The standard InChI is InChI=1S/C10H5F4N/c11-8-3-4-9(10(12,13)14)7(6-8)2-1-5-15/h1-4,6H. The predicted molar refractivity (Wildman–Crippen MR) is 46.0 cm³/mol. The van der Waals surface area contributed by atoms with E-state index in [1.807, 2.05) is 0 Å². The summed E-state index contributed by atoms with van der Waals surface area (Å²) in [7, 11) is 0. The Morgan fingerprint density at radius 2 is 1.93 bits per heavy atom. The van der Waals surface area contributed by atoms with Crippen LogP contribution < -0.4 is 0 Å². The van der Waals surface area contributed by atoms with Crippen LogP contribution in [-0.4, -0.2) is 0 Å². The molecule has 1 rings (SSSR count). The molecule has 0 aromatic heterocycles. The molecule has 78 valence electrons. The maximum absolute atomic E-state index is 12.7. The van der Waals surface area contributed by atoms with Crippen molar-refractivity contribution in [1.29, 1.82) is 5.26 Å². The number of hydrogen-bond acceptors (Lipinski definition) is 1. The van der Waals surface area contributed by atoms with E-state index in [1.165, 1.54) is 0 Å². The highest BCUT2D eigenvalue weighted by Gasteiger charge is 2.32. The van der Waals surface area contributed by atoms with Gasteiger partial charge in [0.05, 0.1) is 11.6 Å². The van der Waals surface area contributed by atoms with E-state index in [-0.39, 0.29) is 5.56 Å². The molecule has 0 fully saturated rings. The highest BCUT2D eigenvalue weighted by Crippen LogP contribution is 2.32. The number of alkyl halides is 3. The quantitative estimate of drug-likeness (QED) is 0.520. The van der Waals surface area contributed by atoms with Crippen LogP contribution in [0.3, 0.4) is 0 Å². The molecule has 0 aliphatic rings. The van der Waals surface area contributed by atoms with E-state index in [1.54, 1.807) is 6.07 Å². The molecule has 0 radical (unpaired) electrons. The van der Waals surface area contributed by atoms with Gasteiger partial charge in [0, 0.05) is 6.08 Å². The van der Waals surface area contributed by atoms with Gasteiger partial charge in [0.2, 0.25) is 0 Å². The molecule has 0 saturated carbocycles. The zero-order valence-electron chi connectivity index (χ0n) is 7.35. The topological polar surface area (TPSA) is 23.8 Å². The van der Waals surface area contributed by atoms with E-state index in [2.05, 4.69) is 0 Å². The molecule has 5 heteroatoms. The second-order valence-corrected chi connectivity index (χ2v) is 2.69. The fraction of sp³-hybridized carbons (Fsp3) is 0.100. The Balaban J connectivity index is 3.28. The molecule has 0 amide bonds. The molecule has 0 heterocycles. The monoisotopic (exact) mass is 215 g/mol. The first-order valence-electron chi connectivity index (χ1n) is 3.88. The maximum atomic E-state index is 12.7. The zero-order chi connectivity index (χ0) is 11.5. The number of hydrogen-bond donors (Lipinski definition) is 0. The van der Waals surface area contributed by atoms with Crippen LogP contribution in [0.15, 0.2) is 24.3 Å². The molecule has 0 spiro atoms. The Morgan fingerprint density at radius 1 is 1.27 bits per heavy atom. The molecular formula is C10H5F4N. The summed E-state index contributed by atoms with van der Waals surface area (Å²) in [6.45, 7) is 0. The van der Waals surface area contributed by atoms with Crippen molar-refractivity contribution in [2.24, 2.45) is 0 Å². The summed E-state index contributed by atoms with van der Waals surface area (Å²) in [6.07, 6.45) is -2.77. The molecule has 0 aliphatic heterocycles. The van der Waals surface area contributed by atoms with Gasteiger partial charge in [-0.05, 0) is 29.8 Å².